The molecular weight excluding hydrogens is 243 g/mol. The Morgan fingerprint density at radius 3 is 1.93 bits per heavy atom. The first kappa shape index (κ1) is 13.7. The molecule has 0 aliphatic carbocycles. The summed E-state index contributed by atoms with van der Waals surface area (Å²) in [7, 11) is 0. The van der Waals surface area contributed by atoms with E-state index < -0.39 is 11.9 Å². The summed E-state index contributed by atoms with van der Waals surface area (Å²) in [6.07, 6.45) is 0. The second-order valence-corrected chi connectivity index (χ2v) is 2.99. The Balaban J connectivity index is 0.000000336. The van der Waals surface area contributed by atoms with Crippen LogP contribution in [0.1, 0.15) is 10.4 Å². The second kappa shape index (κ2) is 7.09. The molecular formula is C9H8Cl2O4. The van der Waals surface area contributed by atoms with Crippen LogP contribution >= 0.6 is 23.2 Å². The number of benzene rings is 1. The molecule has 1 aromatic rings. The Morgan fingerprint density at radius 2 is 1.67 bits per heavy atom. The first-order chi connectivity index (χ1) is 6.99. The zero-order chi connectivity index (χ0) is 11.8. The fraction of sp³-hybridized carbons (Fsp3) is 0.111. The predicted octanol–water partition coefficient (Wildman–Crippen LogP) is 2.35. The van der Waals surface area contributed by atoms with Gasteiger partial charge in [-0.05, 0) is 12.1 Å². The molecule has 82 valence electrons. The van der Waals surface area contributed by atoms with Crippen molar-refractivity contribution in [2.24, 2.45) is 0 Å². The largest absolute Gasteiger partial charge is 0.480 e. The molecule has 0 fully saturated rings. The number of carboxylic acids is 2. The first-order valence-corrected chi connectivity index (χ1v) is 4.66. The van der Waals surface area contributed by atoms with Gasteiger partial charge in [0.25, 0.3) is 0 Å². The van der Waals surface area contributed by atoms with Gasteiger partial charge in [-0.3, -0.25) is 4.79 Å². The van der Waals surface area contributed by atoms with Crippen LogP contribution in [-0.2, 0) is 4.79 Å². The van der Waals surface area contributed by atoms with Crippen molar-refractivity contribution in [1.29, 1.82) is 0 Å². The molecule has 0 aliphatic rings. The van der Waals surface area contributed by atoms with Crippen molar-refractivity contribution in [3.05, 3.63) is 34.9 Å². The van der Waals surface area contributed by atoms with Crippen LogP contribution < -0.4 is 0 Å². The molecule has 6 heteroatoms. The van der Waals surface area contributed by atoms with E-state index in [2.05, 4.69) is 0 Å². The minimum absolute atomic E-state index is 0.143. The van der Waals surface area contributed by atoms with E-state index in [1.165, 1.54) is 6.07 Å². The van der Waals surface area contributed by atoms with Crippen molar-refractivity contribution in [2.45, 2.75) is 0 Å². The van der Waals surface area contributed by atoms with Crippen LogP contribution in [0, 0.1) is 0 Å². The van der Waals surface area contributed by atoms with E-state index in [9.17, 15) is 9.59 Å². The van der Waals surface area contributed by atoms with Gasteiger partial charge in [0.2, 0.25) is 0 Å². The summed E-state index contributed by atoms with van der Waals surface area (Å²) in [5.41, 5.74) is 0.143. The minimum Gasteiger partial charge on any atom is -0.480 e. The van der Waals surface area contributed by atoms with E-state index in [1.807, 2.05) is 0 Å². The molecule has 0 spiro atoms. The van der Waals surface area contributed by atoms with Crippen LogP contribution in [-0.4, -0.2) is 28.0 Å². The predicted molar refractivity (Wildman–Crippen MR) is 56.8 cm³/mol. The van der Waals surface area contributed by atoms with Gasteiger partial charge < -0.3 is 10.2 Å². The van der Waals surface area contributed by atoms with Crippen molar-refractivity contribution >= 4 is 35.1 Å². The molecule has 0 atom stereocenters. The van der Waals surface area contributed by atoms with Gasteiger partial charge in [-0.1, -0.05) is 23.7 Å². The lowest BCUT2D eigenvalue weighted by atomic mass is 10.2. The molecule has 15 heavy (non-hydrogen) atoms. The topological polar surface area (TPSA) is 74.6 Å². The highest BCUT2D eigenvalue weighted by atomic mass is 35.5. The van der Waals surface area contributed by atoms with Crippen LogP contribution in [0.2, 0.25) is 5.02 Å². The Morgan fingerprint density at radius 1 is 1.20 bits per heavy atom. The number of hydrogen-bond donors (Lipinski definition) is 2. The molecule has 0 saturated carbocycles. The molecule has 1 aromatic carbocycles. The summed E-state index contributed by atoms with van der Waals surface area (Å²) in [6.45, 7) is 0. The monoisotopic (exact) mass is 250 g/mol. The summed E-state index contributed by atoms with van der Waals surface area (Å²) in [5.74, 6) is -2.28. The molecule has 0 aliphatic heterocycles. The summed E-state index contributed by atoms with van der Waals surface area (Å²) in [5, 5.41) is 16.3. The maximum absolute atomic E-state index is 10.3. The number of aliphatic carboxylic acids is 1. The van der Waals surface area contributed by atoms with Gasteiger partial charge in [0.05, 0.1) is 10.6 Å². The summed E-state index contributed by atoms with van der Waals surface area (Å²) in [4.78, 5) is 19.6. The van der Waals surface area contributed by atoms with Crippen molar-refractivity contribution in [1.82, 2.24) is 0 Å². The van der Waals surface area contributed by atoms with E-state index >= 15 is 0 Å². The maximum Gasteiger partial charge on any atom is 0.337 e. The number of hydrogen-bond acceptors (Lipinski definition) is 2. The Hall–Kier alpha value is -1.26. The van der Waals surface area contributed by atoms with Gasteiger partial charge in [-0.15, -0.1) is 11.6 Å². The van der Waals surface area contributed by atoms with E-state index in [-0.39, 0.29) is 16.5 Å². The number of alkyl halides is 1. The van der Waals surface area contributed by atoms with Gasteiger partial charge in [-0.2, -0.15) is 0 Å². The third kappa shape index (κ3) is 5.93. The Kier molecular flexibility index (Phi) is 6.49. The number of carbonyl (C=O) groups is 2. The highest BCUT2D eigenvalue weighted by molar-refractivity contribution is 6.33. The molecule has 2 N–H and O–H groups in total. The fourth-order valence-electron chi connectivity index (χ4n) is 0.635. The summed E-state index contributed by atoms with van der Waals surface area (Å²) >= 11 is 10.3. The van der Waals surface area contributed by atoms with Gasteiger partial charge in [0.15, 0.2) is 0 Å². The standard InChI is InChI=1S/C7H5ClO2.C2H3ClO2/c8-6-4-2-1-3-5(6)7(9)10;3-1-2(4)5/h1-4H,(H,9,10);1H2,(H,4,5). The Bertz CT molecular complexity index is 352. The van der Waals surface area contributed by atoms with Crippen molar-refractivity contribution in [3.63, 3.8) is 0 Å². The highest BCUT2D eigenvalue weighted by Crippen LogP contribution is 2.13. The number of rotatable bonds is 2. The molecule has 0 unspecified atom stereocenters. The zero-order valence-corrected chi connectivity index (χ0v) is 9.00. The molecule has 0 aromatic heterocycles. The molecule has 0 heterocycles. The summed E-state index contributed by atoms with van der Waals surface area (Å²) in [6, 6.07) is 6.33. The van der Waals surface area contributed by atoms with E-state index in [0.29, 0.717) is 0 Å². The molecule has 0 saturated heterocycles. The van der Waals surface area contributed by atoms with E-state index in [0.717, 1.165) is 0 Å². The number of halogens is 2. The van der Waals surface area contributed by atoms with Crippen LogP contribution in [0.4, 0.5) is 0 Å². The third-order valence-electron chi connectivity index (χ3n) is 1.22. The van der Waals surface area contributed by atoms with E-state index in [4.69, 9.17) is 33.4 Å². The zero-order valence-electron chi connectivity index (χ0n) is 7.48. The molecule has 0 bridgehead atoms. The molecule has 0 amide bonds. The Labute approximate surface area is 96.1 Å². The van der Waals surface area contributed by atoms with E-state index in [1.54, 1.807) is 18.2 Å². The fourth-order valence-corrected chi connectivity index (χ4v) is 0.851. The quantitative estimate of drug-likeness (QED) is 0.791. The van der Waals surface area contributed by atoms with Gasteiger partial charge >= 0.3 is 11.9 Å². The average molecular weight is 251 g/mol. The van der Waals surface area contributed by atoms with Crippen LogP contribution in [0.5, 0.6) is 0 Å². The molecule has 4 nitrogen and oxygen atoms in total. The average Bonchev–Trinajstić information content (AvgIpc) is 2.19. The van der Waals surface area contributed by atoms with Gasteiger partial charge in [0.1, 0.15) is 5.88 Å². The first-order valence-electron chi connectivity index (χ1n) is 3.74. The smallest absolute Gasteiger partial charge is 0.337 e. The molecule has 0 radical (unpaired) electrons. The normalized spacial score (nSPS) is 8.67. The van der Waals surface area contributed by atoms with Crippen molar-refractivity contribution < 1.29 is 19.8 Å². The van der Waals surface area contributed by atoms with Crippen LogP contribution in [0.3, 0.4) is 0 Å². The SMILES string of the molecule is O=C(O)CCl.O=C(O)c1ccccc1Cl. The van der Waals surface area contributed by atoms with Gasteiger partial charge in [0, 0.05) is 0 Å². The maximum atomic E-state index is 10.3. The van der Waals surface area contributed by atoms with Gasteiger partial charge in [-0.25, -0.2) is 4.79 Å². The number of carboxylic acid groups (broad SMARTS) is 2. The van der Waals surface area contributed by atoms with Crippen LogP contribution in [0.25, 0.3) is 0 Å². The lowest BCUT2D eigenvalue weighted by molar-refractivity contribution is -0.134. The third-order valence-corrected chi connectivity index (χ3v) is 1.78. The van der Waals surface area contributed by atoms with Crippen LogP contribution in [0.15, 0.2) is 24.3 Å². The minimum atomic E-state index is -0.995. The van der Waals surface area contributed by atoms with Crippen molar-refractivity contribution in [2.75, 3.05) is 5.88 Å². The molecule has 1 rings (SSSR count). The number of aromatic carboxylic acids is 1. The highest BCUT2D eigenvalue weighted by Gasteiger charge is 2.04. The lowest BCUT2D eigenvalue weighted by Gasteiger charge is -1.94. The van der Waals surface area contributed by atoms with Crippen molar-refractivity contribution in [3.8, 4) is 0 Å². The lowest BCUT2D eigenvalue weighted by Crippen LogP contribution is -1.95. The second-order valence-electron chi connectivity index (χ2n) is 2.31. The summed E-state index contributed by atoms with van der Waals surface area (Å²) < 4.78 is 0.